The van der Waals surface area contributed by atoms with E-state index in [1.807, 2.05) is 0 Å². The van der Waals surface area contributed by atoms with Crippen molar-refractivity contribution in [1.29, 1.82) is 0 Å². The first-order chi connectivity index (χ1) is 11.5. The molecular weight excluding hydrogens is 351 g/mol. The highest BCUT2D eigenvalue weighted by Gasteiger charge is 2.43. The van der Waals surface area contributed by atoms with Gasteiger partial charge in [0.05, 0.1) is 18.2 Å². The number of ether oxygens (including phenoxy) is 1. The molecule has 0 saturated heterocycles. The molecule has 2 amide bonds. The summed E-state index contributed by atoms with van der Waals surface area (Å²) < 4.78 is 5.21. The third kappa shape index (κ3) is 2.98. The lowest BCUT2D eigenvalue weighted by atomic mass is 9.94. The average molecular weight is 369 g/mol. The number of nitrogens with zero attached hydrogens (tertiary/aromatic N) is 1. The maximum Gasteiger partial charge on any atom is 0.338 e. The molecule has 7 heteroatoms. The predicted molar refractivity (Wildman–Crippen MR) is 91.9 cm³/mol. The standard InChI is InChI=1S/C17H18Cl2N2O3/c1-3-24-16(22)13-9(2)21(10-7-8-10)17(23)20-15(13)14-11(18)5-4-6-12(14)19/h4-6,10,15H,3,7-8H2,1-2H3,(H,20,23). The normalized spacial score (nSPS) is 20.9. The van der Waals surface area contributed by atoms with Crippen molar-refractivity contribution in [2.24, 2.45) is 0 Å². The summed E-state index contributed by atoms with van der Waals surface area (Å²) >= 11 is 12.6. The Morgan fingerprint density at radius 3 is 2.50 bits per heavy atom. The second-order valence-electron chi connectivity index (χ2n) is 5.84. The van der Waals surface area contributed by atoms with Gasteiger partial charge in [-0.15, -0.1) is 0 Å². The number of halogens is 2. The Labute approximate surface area is 150 Å². The van der Waals surface area contributed by atoms with E-state index in [4.69, 9.17) is 27.9 Å². The Bertz CT molecular complexity index is 708. The predicted octanol–water partition coefficient (Wildman–Crippen LogP) is 4.06. The highest BCUT2D eigenvalue weighted by atomic mass is 35.5. The Hall–Kier alpha value is -1.72. The van der Waals surface area contributed by atoms with Crippen LogP contribution < -0.4 is 5.32 Å². The van der Waals surface area contributed by atoms with Gasteiger partial charge in [-0.1, -0.05) is 29.3 Å². The van der Waals surface area contributed by atoms with E-state index < -0.39 is 12.0 Å². The molecule has 1 aliphatic carbocycles. The van der Waals surface area contributed by atoms with Gasteiger partial charge < -0.3 is 10.1 Å². The van der Waals surface area contributed by atoms with Crippen LogP contribution in [-0.2, 0) is 9.53 Å². The van der Waals surface area contributed by atoms with E-state index in [1.165, 1.54) is 0 Å². The molecule has 1 atom stereocenters. The van der Waals surface area contributed by atoms with Crippen molar-refractivity contribution < 1.29 is 14.3 Å². The zero-order valence-electron chi connectivity index (χ0n) is 13.4. The number of hydrogen-bond acceptors (Lipinski definition) is 3. The van der Waals surface area contributed by atoms with Crippen LogP contribution in [0.5, 0.6) is 0 Å². The number of benzene rings is 1. The molecule has 1 heterocycles. The second-order valence-corrected chi connectivity index (χ2v) is 6.65. The van der Waals surface area contributed by atoms with Crippen molar-refractivity contribution in [2.75, 3.05) is 6.61 Å². The van der Waals surface area contributed by atoms with Gasteiger partial charge >= 0.3 is 12.0 Å². The molecule has 0 bridgehead atoms. The Balaban J connectivity index is 2.13. The Kier molecular flexibility index (Phi) is 4.74. The van der Waals surface area contributed by atoms with Gasteiger partial charge in [0.1, 0.15) is 0 Å². The summed E-state index contributed by atoms with van der Waals surface area (Å²) in [6.07, 6.45) is 1.86. The fourth-order valence-electron chi connectivity index (χ4n) is 3.01. The van der Waals surface area contributed by atoms with Crippen LogP contribution in [0.2, 0.25) is 10.0 Å². The maximum absolute atomic E-state index is 12.6. The minimum Gasteiger partial charge on any atom is -0.463 e. The van der Waals surface area contributed by atoms with Gasteiger partial charge in [-0.3, -0.25) is 4.90 Å². The molecule has 1 aromatic carbocycles. The molecule has 2 aliphatic rings. The first-order valence-electron chi connectivity index (χ1n) is 7.87. The van der Waals surface area contributed by atoms with Crippen LogP contribution in [0.25, 0.3) is 0 Å². The maximum atomic E-state index is 12.6. The molecule has 1 N–H and O–H groups in total. The summed E-state index contributed by atoms with van der Waals surface area (Å²) in [6, 6.07) is 4.24. The number of carbonyl (C=O) groups is 2. The van der Waals surface area contributed by atoms with E-state index in [-0.39, 0.29) is 18.7 Å². The number of rotatable bonds is 4. The van der Waals surface area contributed by atoms with Crippen LogP contribution in [0.4, 0.5) is 4.79 Å². The summed E-state index contributed by atoms with van der Waals surface area (Å²) in [5.41, 5.74) is 1.48. The zero-order chi connectivity index (χ0) is 17.4. The smallest absolute Gasteiger partial charge is 0.338 e. The third-order valence-electron chi connectivity index (χ3n) is 4.22. The quantitative estimate of drug-likeness (QED) is 0.815. The molecule has 1 aromatic rings. The number of carbonyl (C=O) groups excluding carboxylic acids is 2. The molecule has 1 saturated carbocycles. The van der Waals surface area contributed by atoms with E-state index in [1.54, 1.807) is 36.9 Å². The zero-order valence-corrected chi connectivity index (χ0v) is 14.9. The highest BCUT2D eigenvalue weighted by molar-refractivity contribution is 6.36. The molecule has 5 nitrogen and oxygen atoms in total. The van der Waals surface area contributed by atoms with Crippen LogP contribution in [0.3, 0.4) is 0 Å². The van der Waals surface area contributed by atoms with Crippen molar-refractivity contribution >= 4 is 35.2 Å². The van der Waals surface area contributed by atoms with Crippen LogP contribution >= 0.6 is 23.2 Å². The number of urea groups is 1. The molecular formula is C17H18Cl2N2O3. The van der Waals surface area contributed by atoms with Crippen molar-refractivity contribution in [3.8, 4) is 0 Å². The SMILES string of the molecule is CCOC(=O)C1=C(C)N(C2CC2)C(=O)NC1c1c(Cl)cccc1Cl. The van der Waals surface area contributed by atoms with Crippen molar-refractivity contribution in [1.82, 2.24) is 10.2 Å². The minimum absolute atomic E-state index is 0.136. The van der Waals surface area contributed by atoms with Crippen molar-refractivity contribution in [3.05, 3.63) is 45.1 Å². The molecule has 0 radical (unpaired) electrons. The number of hydrogen-bond donors (Lipinski definition) is 1. The fraction of sp³-hybridized carbons (Fsp3) is 0.412. The molecule has 3 rings (SSSR count). The highest BCUT2D eigenvalue weighted by Crippen LogP contribution is 2.41. The second kappa shape index (κ2) is 6.65. The average Bonchev–Trinajstić information content (AvgIpc) is 3.31. The molecule has 1 unspecified atom stereocenters. The van der Waals surface area contributed by atoms with Crippen molar-refractivity contribution in [2.45, 2.75) is 38.8 Å². The summed E-state index contributed by atoms with van der Waals surface area (Å²) in [6.45, 7) is 3.75. The third-order valence-corrected chi connectivity index (χ3v) is 4.88. The summed E-state index contributed by atoms with van der Waals surface area (Å²) in [7, 11) is 0. The number of allylic oxidation sites excluding steroid dienone is 1. The lowest BCUT2D eigenvalue weighted by molar-refractivity contribution is -0.139. The lowest BCUT2D eigenvalue weighted by Crippen LogP contribution is -2.49. The van der Waals surface area contributed by atoms with Crippen molar-refractivity contribution in [3.63, 3.8) is 0 Å². The molecule has 24 heavy (non-hydrogen) atoms. The molecule has 1 aliphatic heterocycles. The van der Waals surface area contributed by atoms with E-state index in [9.17, 15) is 9.59 Å². The number of esters is 1. The molecule has 1 fully saturated rings. The van der Waals surface area contributed by atoms with Gasteiger partial charge in [0.15, 0.2) is 0 Å². The van der Waals surface area contributed by atoms with Gasteiger partial charge in [-0.05, 0) is 38.8 Å². The topological polar surface area (TPSA) is 58.6 Å². The molecule has 0 spiro atoms. The van der Waals surface area contributed by atoms with Gasteiger partial charge in [-0.2, -0.15) is 0 Å². The van der Waals surface area contributed by atoms with Crippen LogP contribution in [0, 0.1) is 0 Å². The fourth-order valence-corrected chi connectivity index (χ4v) is 3.62. The first kappa shape index (κ1) is 17.1. The summed E-state index contributed by atoms with van der Waals surface area (Å²) in [4.78, 5) is 26.8. The van der Waals surface area contributed by atoms with E-state index >= 15 is 0 Å². The first-order valence-corrected chi connectivity index (χ1v) is 8.62. The molecule has 0 aromatic heterocycles. The summed E-state index contributed by atoms with van der Waals surface area (Å²) in [5.74, 6) is -0.471. The van der Waals surface area contributed by atoms with Gasteiger partial charge in [0.25, 0.3) is 0 Å². The van der Waals surface area contributed by atoms with Gasteiger partial charge in [-0.25, -0.2) is 9.59 Å². The number of nitrogens with one attached hydrogen (secondary N) is 1. The van der Waals surface area contributed by atoms with E-state index in [0.29, 0.717) is 26.9 Å². The Morgan fingerprint density at radius 2 is 1.96 bits per heavy atom. The summed E-state index contributed by atoms with van der Waals surface area (Å²) in [5, 5.41) is 3.65. The largest absolute Gasteiger partial charge is 0.463 e. The molecule has 128 valence electrons. The van der Waals surface area contributed by atoms with Crippen LogP contribution in [0.1, 0.15) is 38.3 Å². The Morgan fingerprint density at radius 1 is 1.33 bits per heavy atom. The number of amides is 2. The minimum atomic E-state index is -0.729. The van der Waals surface area contributed by atoms with E-state index in [0.717, 1.165) is 12.8 Å². The lowest BCUT2D eigenvalue weighted by Gasteiger charge is -2.36. The van der Waals surface area contributed by atoms with E-state index in [2.05, 4.69) is 5.32 Å². The monoisotopic (exact) mass is 368 g/mol. The van der Waals surface area contributed by atoms with Crippen LogP contribution in [-0.4, -0.2) is 29.5 Å². The van der Waals surface area contributed by atoms with Crippen LogP contribution in [0.15, 0.2) is 29.5 Å². The van der Waals surface area contributed by atoms with Gasteiger partial charge in [0.2, 0.25) is 0 Å². The van der Waals surface area contributed by atoms with Gasteiger partial charge in [0, 0.05) is 27.3 Å².